The van der Waals surface area contributed by atoms with Gasteiger partial charge in [0.15, 0.2) is 0 Å². The standard InChI is InChI=1S/C6H11NO/c1-7-4-2-6(7)3-5-8/h5-6H,2-4H2,1H3/t6-/m1/s1. The summed E-state index contributed by atoms with van der Waals surface area (Å²) in [6.45, 7) is 1.17. The van der Waals surface area contributed by atoms with E-state index in [2.05, 4.69) is 11.9 Å². The number of hydrogen-bond donors (Lipinski definition) is 0. The van der Waals surface area contributed by atoms with Gasteiger partial charge in [0.2, 0.25) is 0 Å². The fraction of sp³-hybridized carbons (Fsp3) is 0.833. The molecule has 1 aliphatic rings. The number of likely N-dealkylation sites (tertiary alicyclic amines) is 1. The van der Waals surface area contributed by atoms with Gasteiger partial charge in [0.25, 0.3) is 0 Å². The Kier molecular flexibility index (Phi) is 1.63. The van der Waals surface area contributed by atoms with Gasteiger partial charge in [-0.1, -0.05) is 0 Å². The molecule has 1 heterocycles. The maximum atomic E-state index is 9.93. The number of hydrogen-bond acceptors (Lipinski definition) is 2. The Morgan fingerprint density at radius 3 is 2.75 bits per heavy atom. The van der Waals surface area contributed by atoms with Gasteiger partial charge in [-0.3, -0.25) is 0 Å². The molecule has 0 aromatic rings. The minimum absolute atomic E-state index is 0.562. The van der Waals surface area contributed by atoms with Crippen molar-refractivity contribution in [3.05, 3.63) is 0 Å². The van der Waals surface area contributed by atoms with Gasteiger partial charge in [-0.15, -0.1) is 0 Å². The third-order valence-electron chi connectivity index (χ3n) is 1.81. The van der Waals surface area contributed by atoms with Crippen LogP contribution in [0, 0.1) is 0 Å². The summed E-state index contributed by atoms with van der Waals surface area (Å²) in [5.41, 5.74) is 0. The van der Waals surface area contributed by atoms with E-state index in [9.17, 15) is 4.79 Å². The summed E-state index contributed by atoms with van der Waals surface area (Å²) < 4.78 is 0. The molecule has 1 atom stereocenters. The molecule has 1 fully saturated rings. The minimum Gasteiger partial charge on any atom is -0.303 e. The normalized spacial score (nSPS) is 29.4. The highest BCUT2D eigenvalue weighted by atomic mass is 16.1. The van der Waals surface area contributed by atoms with Gasteiger partial charge in [-0.25, -0.2) is 0 Å². The second kappa shape index (κ2) is 2.27. The lowest BCUT2D eigenvalue weighted by atomic mass is 10.0. The lowest BCUT2D eigenvalue weighted by molar-refractivity contribution is -0.109. The van der Waals surface area contributed by atoms with Crippen LogP contribution in [0.25, 0.3) is 0 Å². The van der Waals surface area contributed by atoms with Crippen LogP contribution < -0.4 is 0 Å². The van der Waals surface area contributed by atoms with Crippen LogP contribution in [0.3, 0.4) is 0 Å². The van der Waals surface area contributed by atoms with E-state index < -0.39 is 0 Å². The van der Waals surface area contributed by atoms with E-state index in [1.165, 1.54) is 13.0 Å². The van der Waals surface area contributed by atoms with Gasteiger partial charge in [-0.2, -0.15) is 0 Å². The first-order valence-electron chi connectivity index (χ1n) is 2.98. The first kappa shape index (κ1) is 5.76. The average Bonchev–Trinajstić information content (AvgIpc) is 1.79. The van der Waals surface area contributed by atoms with Crippen molar-refractivity contribution in [3.8, 4) is 0 Å². The molecule has 46 valence electrons. The van der Waals surface area contributed by atoms with Crippen LogP contribution in [0.4, 0.5) is 0 Å². The summed E-state index contributed by atoms with van der Waals surface area (Å²) in [5.74, 6) is 0. The Morgan fingerprint density at radius 1 is 1.88 bits per heavy atom. The fourth-order valence-corrected chi connectivity index (χ4v) is 0.979. The van der Waals surface area contributed by atoms with Gasteiger partial charge in [0.1, 0.15) is 6.29 Å². The largest absolute Gasteiger partial charge is 0.303 e. The zero-order chi connectivity index (χ0) is 5.98. The Balaban J connectivity index is 2.16. The number of carbonyl (C=O) groups excluding carboxylic acids is 1. The van der Waals surface area contributed by atoms with Gasteiger partial charge in [0, 0.05) is 12.5 Å². The highest BCUT2D eigenvalue weighted by Gasteiger charge is 2.22. The van der Waals surface area contributed by atoms with Crippen LogP contribution in [0.5, 0.6) is 0 Å². The van der Waals surface area contributed by atoms with E-state index in [4.69, 9.17) is 0 Å². The zero-order valence-corrected chi connectivity index (χ0v) is 5.13. The van der Waals surface area contributed by atoms with Crippen molar-refractivity contribution in [3.63, 3.8) is 0 Å². The third-order valence-corrected chi connectivity index (χ3v) is 1.81. The first-order chi connectivity index (χ1) is 3.84. The van der Waals surface area contributed by atoms with E-state index in [0.717, 1.165) is 12.7 Å². The number of aldehydes is 1. The molecule has 1 aliphatic heterocycles. The second-order valence-corrected chi connectivity index (χ2v) is 2.33. The number of nitrogens with zero attached hydrogens (tertiary/aromatic N) is 1. The molecule has 0 saturated carbocycles. The van der Waals surface area contributed by atoms with Gasteiger partial charge in [-0.05, 0) is 20.0 Å². The van der Waals surface area contributed by atoms with Crippen molar-refractivity contribution in [1.82, 2.24) is 4.90 Å². The molecule has 0 aromatic carbocycles. The molecule has 0 spiro atoms. The fourth-order valence-electron chi connectivity index (χ4n) is 0.979. The summed E-state index contributed by atoms with van der Waals surface area (Å²) in [6.07, 6.45) is 2.92. The van der Waals surface area contributed by atoms with Crippen LogP contribution in [0.1, 0.15) is 12.8 Å². The van der Waals surface area contributed by atoms with E-state index in [-0.39, 0.29) is 0 Å². The molecule has 0 bridgehead atoms. The monoisotopic (exact) mass is 113 g/mol. The smallest absolute Gasteiger partial charge is 0.121 e. The molecule has 1 saturated heterocycles. The molecule has 0 N–H and O–H groups in total. The Hall–Kier alpha value is -0.370. The Bertz CT molecular complexity index is 92.5. The van der Waals surface area contributed by atoms with Gasteiger partial charge < -0.3 is 9.69 Å². The van der Waals surface area contributed by atoms with Gasteiger partial charge in [0.05, 0.1) is 0 Å². The van der Waals surface area contributed by atoms with Crippen molar-refractivity contribution in [1.29, 1.82) is 0 Å². The minimum atomic E-state index is 0.562. The maximum Gasteiger partial charge on any atom is 0.121 e. The lowest BCUT2D eigenvalue weighted by Crippen LogP contribution is -2.44. The quantitative estimate of drug-likeness (QED) is 0.479. The van der Waals surface area contributed by atoms with Crippen molar-refractivity contribution in [2.45, 2.75) is 18.9 Å². The maximum absolute atomic E-state index is 9.93. The summed E-state index contributed by atoms with van der Waals surface area (Å²) in [7, 11) is 2.05. The Morgan fingerprint density at radius 2 is 2.62 bits per heavy atom. The van der Waals surface area contributed by atoms with Gasteiger partial charge >= 0.3 is 0 Å². The van der Waals surface area contributed by atoms with Crippen LogP contribution in [-0.2, 0) is 4.79 Å². The highest BCUT2D eigenvalue weighted by molar-refractivity contribution is 5.50. The zero-order valence-electron chi connectivity index (χ0n) is 5.13. The molecule has 0 amide bonds. The summed E-state index contributed by atoms with van der Waals surface area (Å²) >= 11 is 0. The van der Waals surface area contributed by atoms with E-state index in [1.807, 2.05) is 0 Å². The van der Waals surface area contributed by atoms with Crippen LogP contribution in [0.15, 0.2) is 0 Å². The SMILES string of the molecule is CN1CC[C@@H]1CC=O. The summed E-state index contributed by atoms with van der Waals surface area (Å²) in [5, 5.41) is 0. The van der Waals surface area contributed by atoms with E-state index >= 15 is 0 Å². The molecule has 0 unspecified atom stereocenters. The molecular formula is C6H11NO. The molecular weight excluding hydrogens is 102 g/mol. The van der Waals surface area contributed by atoms with Crippen molar-refractivity contribution >= 4 is 6.29 Å². The molecule has 0 radical (unpaired) electrons. The van der Waals surface area contributed by atoms with Crippen LogP contribution >= 0.6 is 0 Å². The predicted molar refractivity (Wildman–Crippen MR) is 31.7 cm³/mol. The van der Waals surface area contributed by atoms with Crippen molar-refractivity contribution in [2.75, 3.05) is 13.6 Å². The molecule has 8 heavy (non-hydrogen) atoms. The summed E-state index contributed by atoms with van der Waals surface area (Å²) in [4.78, 5) is 12.1. The van der Waals surface area contributed by atoms with E-state index in [1.54, 1.807) is 0 Å². The Labute approximate surface area is 49.5 Å². The number of rotatable bonds is 2. The predicted octanol–water partition coefficient (Wildman–Crippen LogP) is 0.280. The first-order valence-corrected chi connectivity index (χ1v) is 2.98. The average molecular weight is 113 g/mol. The molecule has 0 aromatic heterocycles. The molecule has 2 heteroatoms. The molecule has 0 aliphatic carbocycles. The highest BCUT2D eigenvalue weighted by Crippen LogP contribution is 2.15. The molecule has 1 rings (SSSR count). The van der Waals surface area contributed by atoms with Crippen LogP contribution in [-0.4, -0.2) is 30.8 Å². The summed E-state index contributed by atoms with van der Waals surface area (Å²) in [6, 6.07) is 0.562. The lowest BCUT2D eigenvalue weighted by Gasteiger charge is -2.36. The third kappa shape index (κ3) is 0.892. The topological polar surface area (TPSA) is 20.3 Å². The number of carbonyl (C=O) groups is 1. The van der Waals surface area contributed by atoms with E-state index in [0.29, 0.717) is 6.04 Å². The van der Waals surface area contributed by atoms with Crippen LogP contribution in [0.2, 0.25) is 0 Å². The van der Waals surface area contributed by atoms with Crippen molar-refractivity contribution < 1.29 is 4.79 Å². The second-order valence-electron chi connectivity index (χ2n) is 2.33. The van der Waals surface area contributed by atoms with Crippen molar-refractivity contribution in [2.24, 2.45) is 0 Å². The molecule has 2 nitrogen and oxygen atoms in total.